The molecule has 2 aromatic rings. The molecule has 0 saturated carbocycles. The Labute approximate surface area is 161 Å². The molecule has 1 heterocycles. The molecular formula is C19H18ClNO6. The number of fused-ring (bicyclic) bond motifs is 1. The highest BCUT2D eigenvalue weighted by molar-refractivity contribution is 6.32. The van der Waals surface area contributed by atoms with E-state index < -0.39 is 18.5 Å². The molecule has 1 N–H and O–H groups in total. The van der Waals surface area contributed by atoms with Crippen molar-refractivity contribution in [2.45, 2.75) is 13.5 Å². The van der Waals surface area contributed by atoms with Crippen LogP contribution in [0.25, 0.3) is 0 Å². The second kappa shape index (κ2) is 8.64. The third-order valence-corrected chi connectivity index (χ3v) is 4.04. The number of hydrogen-bond donors (Lipinski definition) is 1. The maximum Gasteiger partial charge on any atom is 0.344 e. The van der Waals surface area contributed by atoms with Gasteiger partial charge in [-0.05, 0) is 42.3 Å². The van der Waals surface area contributed by atoms with Crippen molar-refractivity contribution in [1.82, 2.24) is 5.32 Å². The summed E-state index contributed by atoms with van der Waals surface area (Å²) in [4.78, 5) is 23.5. The van der Waals surface area contributed by atoms with Crippen molar-refractivity contribution in [3.05, 3.63) is 52.5 Å². The van der Waals surface area contributed by atoms with Crippen molar-refractivity contribution in [1.29, 1.82) is 0 Å². The summed E-state index contributed by atoms with van der Waals surface area (Å²) in [5.74, 6) is 0.620. The van der Waals surface area contributed by atoms with Gasteiger partial charge in [0.2, 0.25) is 6.79 Å². The average Bonchev–Trinajstić information content (AvgIpc) is 3.13. The molecule has 1 aliphatic rings. The van der Waals surface area contributed by atoms with Gasteiger partial charge < -0.3 is 24.3 Å². The van der Waals surface area contributed by atoms with Crippen molar-refractivity contribution >= 4 is 23.5 Å². The number of esters is 1. The van der Waals surface area contributed by atoms with Crippen LogP contribution in [0.1, 0.15) is 11.1 Å². The second-order valence-corrected chi connectivity index (χ2v) is 6.25. The molecule has 0 aliphatic carbocycles. The highest BCUT2D eigenvalue weighted by Gasteiger charge is 2.14. The Morgan fingerprint density at radius 1 is 1.11 bits per heavy atom. The van der Waals surface area contributed by atoms with Crippen LogP contribution in [-0.2, 0) is 20.9 Å². The van der Waals surface area contributed by atoms with Crippen molar-refractivity contribution in [2.75, 3.05) is 20.0 Å². The lowest BCUT2D eigenvalue weighted by Crippen LogP contribution is -2.29. The Morgan fingerprint density at radius 2 is 1.93 bits per heavy atom. The van der Waals surface area contributed by atoms with Gasteiger partial charge in [0.25, 0.3) is 5.91 Å². The van der Waals surface area contributed by atoms with Gasteiger partial charge in [0, 0.05) is 6.54 Å². The van der Waals surface area contributed by atoms with E-state index in [1.54, 1.807) is 24.3 Å². The smallest absolute Gasteiger partial charge is 0.344 e. The number of amides is 1. The molecule has 0 bridgehead atoms. The van der Waals surface area contributed by atoms with Crippen LogP contribution in [0.4, 0.5) is 0 Å². The van der Waals surface area contributed by atoms with E-state index in [0.29, 0.717) is 22.3 Å². The lowest BCUT2D eigenvalue weighted by atomic mass is 10.2. The molecule has 0 saturated heterocycles. The summed E-state index contributed by atoms with van der Waals surface area (Å²) in [6, 6.07) is 10.6. The molecule has 0 unspecified atom stereocenters. The molecule has 7 nitrogen and oxygen atoms in total. The molecule has 27 heavy (non-hydrogen) atoms. The Hall–Kier alpha value is -2.93. The minimum atomic E-state index is -0.661. The Bertz CT molecular complexity index is 854. The zero-order valence-corrected chi connectivity index (χ0v) is 15.4. The third kappa shape index (κ3) is 5.27. The number of carbonyl (C=O) groups excluding carboxylic acids is 2. The first-order valence-corrected chi connectivity index (χ1v) is 8.59. The molecule has 0 aromatic heterocycles. The number of halogens is 1. The van der Waals surface area contributed by atoms with Gasteiger partial charge >= 0.3 is 5.97 Å². The van der Waals surface area contributed by atoms with Crippen LogP contribution in [-0.4, -0.2) is 31.9 Å². The number of nitrogens with one attached hydrogen (secondary N) is 1. The fourth-order valence-electron chi connectivity index (χ4n) is 2.35. The standard InChI is InChI=1S/C19H18ClNO6/c1-12-2-4-14(20)16(6-12)24-10-19(23)25-9-18(22)21-8-13-3-5-15-17(7-13)27-11-26-15/h2-7H,8-11H2,1H3,(H,21,22). The second-order valence-electron chi connectivity index (χ2n) is 5.85. The minimum Gasteiger partial charge on any atom is -0.480 e. The van der Waals surface area contributed by atoms with Crippen LogP contribution < -0.4 is 19.5 Å². The maximum atomic E-state index is 11.8. The van der Waals surface area contributed by atoms with Crippen LogP contribution in [0.15, 0.2) is 36.4 Å². The molecule has 0 atom stereocenters. The van der Waals surface area contributed by atoms with E-state index in [-0.39, 0.29) is 19.9 Å². The predicted molar refractivity (Wildman–Crippen MR) is 97.1 cm³/mol. The minimum absolute atomic E-state index is 0.191. The lowest BCUT2D eigenvalue weighted by molar-refractivity contribution is -0.150. The van der Waals surface area contributed by atoms with Gasteiger partial charge in [-0.3, -0.25) is 4.79 Å². The number of carbonyl (C=O) groups is 2. The quantitative estimate of drug-likeness (QED) is 0.730. The first-order valence-electron chi connectivity index (χ1n) is 8.21. The van der Waals surface area contributed by atoms with Gasteiger partial charge in [-0.25, -0.2) is 4.79 Å². The summed E-state index contributed by atoms with van der Waals surface area (Å²) in [5, 5.41) is 3.06. The molecule has 142 valence electrons. The van der Waals surface area contributed by atoms with E-state index in [2.05, 4.69) is 5.32 Å². The van der Waals surface area contributed by atoms with Crippen molar-refractivity contribution < 1.29 is 28.5 Å². The number of rotatable bonds is 7. The fraction of sp³-hybridized carbons (Fsp3) is 0.263. The number of aryl methyl sites for hydroxylation is 1. The van der Waals surface area contributed by atoms with E-state index in [9.17, 15) is 9.59 Å². The molecule has 1 amide bonds. The van der Waals surface area contributed by atoms with E-state index in [1.807, 2.05) is 19.1 Å². The summed E-state index contributed by atoms with van der Waals surface area (Å²) in [6.07, 6.45) is 0. The molecule has 0 fully saturated rings. The van der Waals surface area contributed by atoms with E-state index >= 15 is 0 Å². The predicted octanol–water partition coefficient (Wildman–Crippen LogP) is 2.62. The summed E-state index contributed by atoms with van der Waals surface area (Å²) in [5.41, 5.74) is 1.79. The Balaban J connectivity index is 1.38. The summed E-state index contributed by atoms with van der Waals surface area (Å²) in [7, 11) is 0. The van der Waals surface area contributed by atoms with Gasteiger partial charge in [0.1, 0.15) is 5.75 Å². The van der Waals surface area contributed by atoms with Crippen molar-refractivity contribution in [3.8, 4) is 17.2 Å². The lowest BCUT2D eigenvalue weighted by Gasteiger charge is -2.09. The first-order chi connectivity index (χ1) is 13.0. The highest BCUT2D eigenvalue weighted by Crippen LogP contribution is 2.32. The molecular weight excluding hydrogens is 374 g/mol. The topological polar surface area (TPSA) is 83.1 Å². The Morgan fingerprint density at radius 3 is 2.78 bits per heavy atom. The van der Waals surface area contributed by atoms with Crippen LogP contribution in [0.3, 0.4) is 0 Å². The largest absolute Gasteiger partial charge is 0.480 e. The average molecular weight is 392 g/mol. The van der Waals surface area contributed by atoms with Crippen LogP contribution in [0.5, 0.6) is 17.2 Å². The van der Waals surface area contributed by atoms with E-state index in [4.69, 9.17) is 30.5 Å². The molecule has 8 heteroatoms. The Kier molecular flexibility index (Phi) is 6.03. The molecule has 1 aliphatic heterocycles. The van der Waals surface area contributed by atoms with Gasteiger partial charge in [0.15, 0.2) is 24.7 Å². The molecule has 0 radical (unpaired) electrons. The van der Waals surface area contributed by atoms with Crippen molar-refractivity contribution in [2.24, 2.45) is 0 Å². The van der Waals surface area contributed by atoms with Gasteiger partial charge in [-0.15, -0.1) is 0 Å². The van der Waals surface area contributed by atoms with Crippen LogP contribution in [0.2, 0.25) is 5.02 Å². The maximum absolute atomic E-state index is 11.8. The fourth-order valence-corrected chi connectivity index (χ4v) is 2.52. The van der Waals surface area contributed by atoms with Crippen LogP contribution >= 0.6 is 11.6 Å². The zero-order valence-electron chi connectivity index (χ0n) is 14.6. The number of ether oxygens (including phenoxy) is 4. The third-order valence-electron chi connectivity index (χ3n) is 3.72. The normalized spacial score (nSPS) is 11.8. The van der Waals surface area contributed by atoms with Gasteiger partial charge in [-0.1, -0.05) is 23.7 Å². The van der Waals surface area contributed by atoms with E-state index in [1.165, 1.54) is 0 Å². The molecule has 2 aromatic carbocycles. The molecule has 0 spiro atoms. The monoisotopic (exact) mass is 391 g/mol. The zero-order chi connectivity index (χ0) is 19.2. The summed E-state index contributed by atoms with van der Waals surface area (Å²) >= 11 is 5.98. The van der Waals surface area contributed by atoms with Gasteiger partial charge in [0.05, 0.1) is 5.02 Å². The highest BCUT2D eigenvalue weighted by atomic mass is 35.5. The van der Waals surface area contributed by atoms with E-state index in [0.717, 1.165) is 11.1 Å². The SMILES string of the molecule is Cc1ccc(Cl)c(OCC(=O)OCC(=O)NCc2ccc3c(c2)OCO3)c1. The molecule has 3 rings (SSSR count). The number of hydrogen-bond acceptors (Lipinski definition) is 6. The van der Waals surface area contributed by atoms with Crippen molar-refractivity contribution in [3.63, 3.8) is 0 Å². The summed E-state index contributed by atoms with van der Waals surface area (Å²) < 4.78 is 20.7. The van der Waals surface area contributed by atoms with Crippen LogP contribution in [0, 0.1) is 6.92 Å². The first kappa shape index (κ1) is 18.8. The van der Waals surface area contributed by atoms with Gasteiger partial charge in [-0.2, -0.15) is 0 Å². The number of benzene rings is 2. The summed E-state index contributed by atoms with van der Waals surface area (Å²) in [6.45, 7) is 1.62.